The summed E-state index contributed by atoms with van der Waals surface area (Å²) in [5, 5.41) is 14.5. The van der Waals surface area contributed by atoms with E-state index < -0.39 is 24.5 Å². The van der Waals surface area contributed by atoms with E-state index in [1.54, 1.807) is 29.4 Å². The Bertz CT molecular complexity index is 756. The summed E-state index contributed by atoms with van der Waals surface area (Å²) in [7, 11) is 0. The number of carbonyl (C=O) groups excluding carboxylic acids is 2. The fraction of sp³-hybridized carbons (Fsp3) is 0.353. The quantitative estimate of drug-likeness (QED) is 0.687. The Morgan fingerprint density at radius 2 is 2.00 bits per heavy atom. The first kappa shape index (κ1) is 17.3. The highest BCUT2D eigenvalue weighted by atomic mass is 16.5. The first-order valence-corrected chi connectivity index (χ1v) is 8.07. The molecule has 0 aliphatic carbocycles. The van der Waals surface area contributed by atoms with E-state index in [0.717, 1.165) is 0 Å². The molecule has 0 bridgehead atoms. The minimum atomic E-state index is -1.04. The number of fused-ring (bicyclic) bond motifs is 1. The maximum atomic E-state index is 12.6. The van der Waals surface area contributed by atoms with E-state index in [0.29, 0.717) is 42.8 Å². The largest absolute Gasteiger partial charge is 0.394 e. The lowest BCUT2D eigenvalue weighted by molar-refractivity contribution is -0.130. The fourth-order valence-corrected chi connectivity index (χ4v) is 2.63. The Balaban J connectivity index is 1.70. The van der Waals surface area contributed by atoms with Crippen LogP contribution in [-0.4, -0.2) is 65.9 Å². The standard InChI is InChI=1S/C17H20N4O4/c22-11-15(17(24)20-21-7-9-25-10-8-21)19-16(23)13-5-6-18-14-4-2-1-3-12(13)14/h1-6,15,22H,7-11H2,(H,19,23)(H,20,24)/t15-/m0/s1. The number of morpholine rings is 1. The first-order valence-electron chi connectivity index (χ1n) is 8.07. The number of pyridine rings is 1. The molecule has 2 heterocycles. The van der Waals surface area contributed by atoms with Crippen molar-refractivity contribution in [2.45, 2.75) is 6.04 Å². The van der Waals surface area contributed by atoms with Gasteiger partial charge in [0.05, 0.1) is 30.9 Å². The van der Waals surface area contributed by atoms with Crippen LogP contribution in [0.5, 0.6) is 0 Å². The molecule has 1 aromatic heterocycles. The summed E-state index contributed by atoms with van der Waals surface area (Å²) in [5.41, 5.74) is 3.79. The van der Waals surface area contributed by atoms with Crippen LogP contribution in [0.3, 0.4) is 0 Å². The predicted octanol–water partition coefficient (Wildman–Crippen LogP) is -0.311. The molecule has 1 atom stereocenters. The second-order valence-corrected chi connectivity index (χ2v) is 5.66. The van der Waals surface area contributed by atoms with Crippen molar-refractivity contribution in [1.82, 2.24) is 20.7 Å². The van der Waals surface area contributed by atoms with Gasteiger partial charge in [-0.2, -0.15) is 0 Å². The maximum Gasteiger partial charge on any atom is 0.259 e. The number of rotatable bonds is 5. The Kier molecular flexibility index (Phi) is 5.54. The minimum Gasteiger partial charge on any atom is -0.394 e. The Morgan fingerprint density at radius 1 is 1.24 bits per heavy atom. The van der Waals surface area contributed by atoms with Crippen molar-refractivity contribution >= 4 is 22.7 Å². The second-order valence-electron chi connectivity index (χ2n) is 5.66. The van der Waals surface area contributed by atoms with Crippen molar-refractivity contribution in [2.24, 2.45) is 0 Å². The molecule has 0 spiro atoms. The Labute approximate surface area is 144 Å². The van der Waals surface area contributed by atoms with Gasteiger partial charge in [0.1, 0.15) is 6.04 Å². The van der Waals surface area contributed by atoms with Gasteiger partial charge in [0.25, 0.3) is 11.8 Å². The van der Waals surface area contributed by atoms with Crippen LogP contribution < -0.4 is 10.7 Å². The van der Waals surface area contributed by atoms with E-state index in [-0.39, 0.29) is 0 Å². The molecule has 1 aliphatic rings. The van der Waals surface area contributed by atoms with E-state index in [2.05, 4.69) is 15.7 Å². The molecule has 3 N–H and O–H groups in total. The minimum absolute atomic E-state index is 0.406. The molecule has 1 fully saturated rings. The monoisotopic (exact) mass is 344 g/mol. The first-order chi connectivity index (χ1) is 12.2. The molecular weight excluding hydrogens is 324 g/mol. The zero-order valence-corrected chi connectivity index (χ0v) is 13.6. The molecule has 0 radical (unpaired) electrons. The van der Waals surface area contributed by atoms with E-state index in [9.17, 15) is 14.7 Å². The summed E-state index contributed by atoms with van der Waals surface area (Å²) < 4.78 is 5.21. The summed E-state index contributed by atoms with van der Waals surface area (Å²) in [6.45, 7) is 1.68. The number of hydrogen-bond acceptors (Lipinski definition) is 6. The summed E-state index contributed by atoms with van der Waals surface area (Å²) in [5.74, 6) is -0.897. The van der Waals surface area contributed by atoms with Crippen LogP contribution in [0.2, 0.25) is 0 Å². The number of aliphatic hydroxyl groups excluding tert-OH is 1. The molecule has 8 heteroatoms. The third kappa shape index (κ3) is 4.11. The topological polar surface area (TPSA) is 104 Å². The third-order valence-corrected chi connectivity index (χ3v) is 3.98. The van der Waals surface area contributed by atoms with Crippen molar-refractivity contribution in [3.63, 3.8) is 0 Å². The lowest BCUT2D eigenvalue weighted by atomic mass is 10.1. The molecule has 1 aliphatic heterocycles. The van der Waals surface area contributed by atoms with Crippen molar-refractivity contribution < 1.29 is 19.4 Å². The van der Waals surface area contributed by atoms with Crippen LogP contribution in [0.15, 0.2) is 36.5 Å². The molecule has 1 saturated heterocycles. The van der Waals surface area contributed by atoms with Crippen LogP contribution >= 0.6 is 0 Å². The summed E-state index contributed by atoms with van der Waals surface area (Å²) in [6, 6.07) is 7.80. The van der Waals surface area contributed by atoms with Crippen LogP contribution in [0, 0.1) is 0 Å². The van der Waals surface area contributed by atoms with Crippen molar-refractivity contribution in [3.8, 4) is 0 Å². The third-order valence-electron chi connectivity index (χ3n) is 3.98. The summed E-state index contributed by atoms with van der Waals surface area (Å²) in [6.07, 6.45) is 1.54. The van der Waals surface area contributed by atoms with Gasteiger partial charge in [0.15, 0.2) is 0 Å². The fourth-order valence-electron chi connectivity index (χ4n) is 2.63. The molecule has 2 amide bonds. The maximum absolute atomic E-state index is 12.6. The number of nitrogens with one attached hydrogen (secondary N) is 2. The van der Waals surface area contributed by atoms with Gasteiger partial charge in [-0.3, -0.25) is 20.0 Å². The van der Waals surface area contributed by atoms with Gasteiger partial charge in [-0.15, -0.1) is 0 Å². The number of amides is 2. The van der Waals surface area contributed by atoms with Crippen LogP contribution in [0.1, 0.15) is 10.4 Å². The Hall–Kier alpha value is -2.55. The molecule has 25 heavy (non-hydrogen) atoms. The molecule has 3 rings (SSSR count). The van der Waals surface area contributed by atoms with E-state index in [1.165, 1.54) is 0 Å². The number of hydrogen-bond donors (Lipinski definition) is 3. The number of hydrazine groups is 1. The van der Waals surface area contributed by atoms with Gasteiger partial charge in [0.2, 0.25) is 0 Å². The molecule has 8 nitrogen and oxygen atoms in total. The molecule has 2 aromatic rings. The van der Waals surface area contributed by atoms with Crippen LogP contribution in [-0.2, 0) is 9.53 Å². The molecule has 0 saturated carbocycles. The van der Waals surface area contributed by atoms with E-state index in [1.807, 2.05) is 12.1 Å². The molecule has 0 unspecified atom stereocenters. The number of nitrogens with zero attached hydrogens (tertiary/aromatic N) is 2. The highest BCUT2D eigenvalue weighted by Crippen LogP contribution is 2.16. The van der Waals surface area contributed by atoms with Gasteiger partial charge in [-0.05, 0) is 12.1 Å². The van der Waals surface area contributed by atoms with Gasteiger partial charge in [-0.25, -0.2) is 5.01 Å². The summed E-state index contributed by atoms with van der Waals surface area (Å²) in [4.78, 5) is 29.1. The van der Waals surface area contributed by atoms with Crippen LogP contribution in [0.25, 0.3) is 10.9 Å². The lowest BCUT2D eigenvalue weighted by Crippen LogP contribution is -2.56. The number of carbonyl (C=O) groups is 2. The van der Waals surface area contributed by atoms with Gasteiger partial charge < -0.3 is 15.2 Å². The van der Waals surface area contributed by atoms with E-state index in [4.69, 9.17) is 4.74 Å². The number of aliphatic hydroxyl groups is 1. The van der Waals surface area contributed by atoms with Crippen molar-refractivity contribution in [1.29, 1.82) is 0 Å². The Morgan fingerprint density at radius 3 is 2.76 bits per heavy atom. The molecule has 132 valence electrons. The number of benzene rings is 1. The molecule has 1 aromatic carbocycles. The zero-order valence-electron chi connectivity index (χ0n) is 13.6. The second kappa shape index (κ2) is 8.02. The average molecular weight is 344 g/mol. The van der Waals surface area contributed by atoms with Crippen LogP contribution in [0.4, 0.5) is 0 Å². The number of aromatic nitrogens is 1. The smallest absolute Gasteiger partial charge is 0.259 e. The highest BCUT2D eigenvalue weighted by Gasteiger charge is 2.24. The summed E-state index contributed by atoms with van der Waals surface area (Å²) >= 11 is 0. The van der Waals surface area contributed by atoms with Gasteiger partial charge in [-0.1, -0.05) is 18.2 Å². The lowest BCUT2D eigenvalue weighted by Gasteiger charge is -2.28. The number of ether oxygens (including phenoxy) is 1. The highest BCUT2D eigenvalue weighted by molar-refractivity contribution is 6.07. The predicted molar refractivity (Wildman–Crippen MR) is 90.6 cm³/mol. The van der Waals surface area contributed by atoms with Crippen molar-refractivity contribution in [2.75, 3.05) is 32.9 Å². The van der Waals surface area contributed by atoms with Gasteiger partial charge >= 0.3 is 0 Å². The zero-order chi connectivity index (χ0) is 17.6. The van der Waals surface area contributed by atoms with Crippen molar-refractivity contribution in [3.05, 3.63) is 42.1 Å². The number of para-hydroxylation sites is 1. The molecular formula is C17H20N4O4. The van der Waals surface area contributed by atoms with E-state index >= 15 is 0 Å². The van der Waals surface area contributed by atoms with Gasteiger partial charge in [0, 0.05) is 24.7 Å². The normalized spacial score (nSPS) is 16.4. The SMILES string of the molecule is O=C(N[C@@H](CO)C(=O)NN1CCOCC1)c1ccnc2ccccc12. The average Bonchev–Trinajstić information content (AvgIpc) is 2.66.